The lowest BCUT2D eigenvalue weighted by molar-refractivity contribution is -0.210. The Balaban J connectivity index is 1.69. The monoisotopic (exact) mass is 361 g/mol. The van der Waals surface area contributed by atoms with Gasteiger partial charge < -0.3 is 19.7 Å². The molecule has 2 heterocycles. The molecule has 0 spiro atoms. The van der Waals surface area contributed by atoms with Gasteiger partial charge in [-0.1, -0.05) is 0 Å². The molecule has 0 bridgehead atoms. The fraction of sp³-hybridized carbons (Fsp3) is 0.562. The molecule has 3 rings (SSSR count). The first-order chi connectivity index (χ1) is 11.8. The van der Waals surface area contributed by atoms with Crippen molar-refractivity contribution in [2.45, 2.75) is 43.8 Å². The second-order valence-electron chi connectivity index (χ2n) is 6.16. The fourth-order valence-electron chi connectivity index (χ4n) is 2.98. The van der Waals surface area contributed by atoms with Crippen molar-refractivity contribution in [3.8, 4) is 5.75 Å². The van der Waals surface area contributed by atoms with Crippen LogP contribution < -0.4 is 9.64 Å². The number of hydrogen-bond acceptors (Lipinski definition) is 5. The molecule has 1 aromatic carbocycles. The first kappa shape index (κ1) is 17.8. The maximum atomic E-state index is 12.5. The molecule has 2 aliphatic rings. The highest BCUT2D eigenvalue weighted by atomic mass is 19.4. The van der Waals surface area contributed by atoms with Crippen molar-refractivity contribution in [2.24, 2.45) is 0 Å². The van der Waals surface area contributed by atoms with E-state index in [9.17, 15) is 18.0 Å². The summed E-state index contributed by atoms with van der Waals surface area (Å²) in [7, 11) is 0. The zero-order valence-electron chi connectivity index (χ0n) is 13.2. The van der Waals surface area contributed by atoms with E-state index in [1.54, 1.807) is 18.2 Å². The number of carbonyl (C=O) groups is 1. The van der Waals surface area contributed by atoms with Gasteiger partial charge in [-0.05, 0) is 36.6 Å². The number of hydrogen-bond donors (Lipinski definition) is 2. The third-order valence-corrected chi connectivity index (χ3v) is 4.33. The minimum Gasteiger partial charge on any atom is -0.490 e. The second kappa shape index (κ2) is 6.72. The number of fused-ring (bicyclic) bond motifs is 1. The number of aliphatic hydroxyl groups is 2. The molecule has 3 atom stereocenters. The van der Waals surface area contributed by atoms with Crippen molar-refractivity contribution >= 4 is 11.8 Å². The molecule has 1 amide bonds. The van der Waals surface area contributed by atoms with E-state index >= 15 is 0 Å². The lowest BCUT2D eigenvalue weighted by Gasteiger charge is -2.29. The van der Waals surface area contributed by atoms with Gasteiger partial charge in [-0.2, -0.15) is 13.2 Å². The van der Waals surface area contributed by atoms with Gasteiger partial charge in [0.05, 0.1) is 13.2 Å². The number of nitrogens with zero attached hydrogens (tertiary/aromatic N) is 1. The van der Waals surface area contributed by atoms with Crippen molar-refractivity contribution in [3.63, 3.8) is 0 Å². The van der Waals surface area contributed by atoms with Gasteiger partial charge in [0.15, 0.2) is 6.10 Å². The van der Waals surface area contributed by atoms with Crippen LogP contribution in [0.5, 0.6) is 5.75 Å². The van der Waals surface area contributed by atoms with E-state index in [1.165, 1.54) is 4.90 Å². The summed E-state index contributed by atoms with van der Waals surface area (Å²) < 4.78 is 47.9. The molecule has 2 N–H and O–H groups in total. The highest BCUT2D eigenvalue weighted by Crippen LogP contribution is 2.35. The fourth-order valence-corrected chi connectivity index (χ4v) is 2.98. The lowest BCUT2D eigenvalue weighted by Crippen LogP contribution is -2.35. The maximum absolute atomic E-state index is 12.5. The van der Waals surface area contributed by atoms with Gasteiger partial charge in [0.1, 0.15) is 18.0 Å². The Morgan fingerprint density at radius 1 is 1.28 bits per heavy atom. The Kier molecular flexibility index (Phi) is 4.79. The van der Waals surface area contributed by atoms with Gasteiger partial charge in [0.25, 0.3) is 0 Å². The van der Waals surface area contributed by atoms with Crippen molar-refractivity contribution in [2.75, 3.05) is 18.1 Å². The molecule has 6 nitrogen and oxygen atoms in total. The topological polar surface area (TPSA) is 79.2 Å². The summed E-state index contributed by atoms with van der Waals surface area (Å²) in [6.45, 7) is -0.0329. The summed E-state index contributed by atoms with van der Waals surface area (Å²) >= 11 is 0. The van der Waals surface area contributed by atoms with Crippen LogP contribution in [0.25, 0.3) is 0 Å². The summed E-state index contributed by atoms with van der Waals surface area (Å²) in [5, 5.41) is 18.2. The molecule has 2 aliphatic heterocycles. The number of amides is 1. The van der Waals surface area contributed by atoms with Gasteiger partial charge >= 0.3 is 12.3 Å². The average Bonchev–Trinajstić information content (AvgIpc) is 2.94. The number of rotatable bonds is 4. The van der Waals surface area contributed by atoms with E-state index in [2.05, 4.69) is 0 Å². The van der Waals surface area contributed by atoms with Crippen LogP contribution in [-0.2, 0) is 11.2 Å². The quantitative estimate of drug-likeness (QED) is 0.858. The molecule has 9 heteroatoms. The number of halogens is 3. The largest absolute Gasteiger partial charge is 0.490 e. The summed E-state index contributed by atoms with van der Waals surface area (Å²) in [6.07, 6.45) is -8.61. The van der Waals surface area contributed by atoms with Crippen LogP contribution in [0, 0.1) is 0 Å². The smallest absolute Gasteiger partial charge is 0.414 e. The van der Waals surface area contributed by atoms with Gasteiger partial charge in [-0.25, -0.2) is 4.79 Å². The number of aryl methyl sites for hydroxylation is 1. The predicted octanol–water partition coefficient (Wildman–Crippen LogP) is 2.01. The number of ether oxygens (including phenoxy) is 2. The van der Waals surface area contributed by atoms with Crippen LogP contribution in [0.4, 0.5) is 23.7 Å². The van der Waals surface area contributed by atoms with E-state index in [4.69, 9.17) is 19.7 Å². The van der Waals surface area contributed by atoms with Crippen LogP contribution >= 0.6 is 0 Å². The van der Waals surface area contributed by atoms with E-state index in [0.717, 1.165) is 5.56 Å². The van der Waals surface area contributed by atoms with Gasteiger partial charge in [0, 0.05) is 12.1 Å². The van der Waals surface area contributed by atoms with Gasteiger partial charge in [-0.3, -0.25) is 4.90 Å². The first-order valence-electron chi connectivity index (χ1n) is 7.91. The van der Waals surface area contributed by atoms with Crippen LogP contribution in [-0.4, -0.2) is 53.9 Å². The van der Waals surface area contributed by atoms with Gasteiger partial charge in [0.2, 0.25) is 0 Å². The predicted molar refractivity (Wildman–Crippen MR) is 80.6 cm³/mol. The molecule has 0 radical (unpaired) electrons. The molecule has 1 aromatic rings. The molecule has 0 aromatic heterocycles. The number of anilines is 1. The summed E-state index contributed by atoms with van der Waals surface area (Å²) in [6, 6.07) is 4.94. The van der Waals surface area contributed by atoms with Crippen molar-refractivity contribution < 1.29 is 37.7 Å². The molecule has 3 unspecified atom stereocenters. The Labute approximate surface area is 141 Å². The van der Waals surface area contributed by atoms with Crippen molar-refractivity contribution in [1.29, 1.82) is 0 Å². The van der Waals surface area contributed by atoms with Crippen LogP contribution in [0.1, 0.15) is 18.4 Å². The maximum Gasteiger partial charge on any atom is 0.414 e. The van der Waals surface area contributed by atoms with E-state index in [0.29, 0.717) is 24.3 Å². The molecule has 138 valence electrons. The standard InChI is InChI=1S/C16H18F3NO5/c17-16(18,19)14(22)6-11-3-1-9-5-10(2-4-13(9)24-11)20-7-12(8-21)25-15(20)23/h2,4-5,11-12,14,21-22H,1,3,6-8H2. The molecule has 25 heavy (non-hydrogen) atoms. The molecule has 1 fully saturated rings. The van der Waals surface area contributed by atoms with Crippen molar-refractivity contribution in [1.82, 2.24) is 0 Å². The number of carbonyl (C=O) groups excluding carboxylic acids is 1. The Bertz CT molecular complexity index is 651. The molecular formula is C16H18F3NO5. The number of cyclic esters (lactones) is 1. The highest BCUT2D eigenvalue weighted by Gasteiger charge is 2.40. The minimum atomic E-state index is -4.66. The number of benzene rings is 1. The van der Waals surface area contributed by atoms with E-state index in [-0.39, 0.29) is 13.2 Å². The zero-order chi connectivity index (χ0) is 18.2. The SMILES string of the molecule is O=C1OC(CO)CN1c1ccc2c(c1)CCC(CC(O)C(F)(F)F)O2. The van der Waals surface area contributed by atoms with E-state index < -0.39 is 37.0 Å². The summed E-state index contributed by atoms with van der Waals surface area (Å²) in [5.74, 6) is 0.445. The van der Waals surface area contributed by atoms with Crippen LogP contribution in [0.3, 0.4) is 0 Å². The molecule has 0 saturated carbocycles. The second-order valence-corrected chi connectivity index (χ2v) is 6.16. The summed E-state index contributed by atoms with van der Waals surface area (Å²) in [5.41, 5.74) is 1.35. The average molecular weight is 361 g/mol. The lowest BCUT2D eigenvalue weighted by atomic mass is 9.98. The van der Waals surface area contributed by atoms with Crippen LogP contribution in [0.2, 0.25) is 0 Å². The summed E-state index contributed by atoms with van der Waals surface area (Å²) in [4.78, 5) is 13.2. The van der Waals surface area contributed by atoms with Crippen LogP contribution in [0.15, 0.2) is 18.2 Å². The normalized spacial score (nSPS) is 24.5. The molecule has 0 aliphatic carbocycles. The molecule has 1 saturated heterocycles. The molecular weight excluding hydrogens is 343 g/mol. The Morgan fingerprint density at radius 3 is 2.68 bits per heavy atom. The third-order valence-electron chi connectivity index (χ3n) is 4.33. The highest BCUT2D eigenvalue weighted by molar-refractivity contribution is 5.90. The zero-order valence-corrected chi connectivity index (χ0v) is 13.2. The van der Waals surface area contributed by atoms with Gasteiger partial charge in [-0.15, -0.1) is 0 Å². The minimum absolute atomic E-state index is 0.232. The third kappa shape index (κ3) is 3.82. The Morgan fingerprint density at radius 2 is 2.04 bits per heavy atom. The Hall–Kier alpha value is -2.00. The number of aliphatic hydroxyl groups excluding tert-OH is 2. The van der Waals surface area contributed by atoms with E-state index in [1.807, 2.05) is 0 Å². The first-order valence-corrected chi connectivity index (χ1v) is 7.91. The van der Waals surface area contributed by atoms with Crippen molar-refractivity contribution in [3.05, 3.63) is 23.8 Å². The number of alkyl halides is 3.